The van der Waals surface area contributed by atoms with Crippen molar-refractivity contribution in [2.45, 2.75) is 32.4 Å². The van der Waals surface area contributed by atoms with Crippen molar-refractivity contribution in [2.24, 2.45) is 0 Å². The fourth-order valence-electron chi connectivity index (χ4n) is 2.61. The summed E-state index contributed by atoms with van der Waals surface area (Å²) in [6.45, 7) is 4.95. The normalized spacial score (nSPS) is 20.6. The van der Waals surface area contributed by atoms with Gasteiger partial charge < -0.3 is 10.2 Å². The van der Waals surface area contributed by atoms with E-state index in [2.05, 4.69) is 16.2 Å². The first kappa shape index (κ1) is 16.5. The van der Waals surface area contributed by atoms with Gasteiger partial charge in [0.05, 0.1) is 6.54 Å². The van der Waals surface area contributed by atoms with Crippen LogP contribution >= 0.6 is 0 Å². The maximum Gasteiger partial charge on any atom is 0.241 e. The topological polar surface area (TPSA) is 73.5 Å². The molecule has 0 bridgehead atoms. The van der Waals surface area contributed by atoms with E-state index in [0.29, 0.717) is 19.5 Å². The highest BCUT2D eigenvalue weighted by molar-refractivity contribution is 5.87. The molecular weight excluding hydrogens is 280 g/mol. The zero-order chi connectivity index (χ0) is 15.9. The summed E-state index contributed by atoms with van der Waals surface area (Å²) in [5.41, 5.74) is 7.37. The fraction of sp³-hybridized carbons (Fsp3) is 0.500. The molecule has 1 aromatic rings. The first-order valence-electron chi connectivity index (χ1n) is 7.77. The molecule has 2 amide bonds. The van der Waals surface area contributed by atoms with Crippen LogP contribution in [0.2, 0.25) is 0 Å². The monoisotopic (exact) mass is 304 g/mol. The maximum absolute atomic E-state index is 12.5. The molecule has 1 aliphatic rings. The van der Waals surface area contributed by atoms with Gasteiger partial charge >= 0.3 is 0 Å². The predicted molar refractivity (Wildman–Crippen MR) is 84.8 cm³/mol. The lowest BCUT2D eigenvalue weighted by atomic mass is 10.0. The third kappa shape index (κ3) is 4.05. The van der Waals surface area contributed by atoms with Crippen molar-refractivity contribution in [1.82, 2.24) is 21.1 Å². The molecule has 6 nitrogen and oxygen atoms in total. The van der Waals surface area contributed by atoms with E-state index < -0.39 is 0 Å². The van der Waals surface area contributed by atoms with Crippen LogP contribution in [-0.4, -0.2) is 42.4 Å². The molecule has 1 fully saturated rings. The van der Waals surface area contributed by atoms with Gasteiger partial charge in [0.2, 0.25) is 11.8 Å². The number of hydrogen-bond donors (Lipinski definition) is 3. The number of hydrazine groups is 1. The van der Waals surface area contributed by atoms with Gasteiger partial charge in [-0.3, -0.25) is 9.59 Å². The lowest BCUT2D eigenvalue weighted by Crippen LogP contribution is -2.48. The summed E-state index contributed by atoms with van der Waals surface area (Å²) in [6.07, 6.45) is 0.675. The first-order chi connectivity index (χ1) is 10.7. The Balaban J connectivity index is 1.93. The van der Waals surface area contributed by atoms with E-state index in [1.807, 2.05) is 44.2 Å². The van der Waals surface area contributed by atoms with Gasteiger partial charge in [-0.1, -0.05) is 30.3 Å². The Hall–Kier alpha value is -1.92. The highest BCUT2D eigenvalue weighted by atomic mass is 16.2. The van der Waals surface area contributed by atoms with E-state index in [1.54, 1.807) is 4.90 Å². The molecule has 120 valence electrons. The molecule has 1 aliphatic heterocycles. The summed E-state index contributed by atoms with van der Waals surface area (Å²) < 4.78 is 0. The minimum Gasteiger partial charge on any atom is -0.355 e. The van der Waals surface area contributed by atoms with Crippen molar-refractivity contribution in [3.63, 3.8) is 0 Å². The average molecular weight is 304 g/mol. The van der Waals surface area contributed by atoms with E-state index in [0.717, 1.165) is 5.56 Å². The van der Waals surface area contributed by atoms with Crippen molar-refractivity contribution in [2.75, 3.05) is 19.6 Å². The molecule has 6 heteroatoms. The van der Waals surface area contributed by atoms with Gasteiger partial charge in [-0.2, -0.15) is 0 Å². The van der Waals surface area contributed by atoms with Crippen molar-refractivity contribution in [1.29, 1.82) is 0 Å². The molecule has 0 aromatic heterocycles. The molecule has 0 saturated carbocycles. The fourth-order valence-corrected chi connectivity index (χ4v) is 2.61. The van der Waals surface area contributed by atoms with Crippen molar-refractivity contribution >= 4 is 11.8 Å². The van der Waals surface area contributed by atoms with E-state index in [-0.39, 0.29) is 30.4 Å². The highest BCUT2D eigenvalue weighted by Crippen LogP contribution is 2.22. The average Bonchev–Trinajstić information content (AvgIpc) is 3.03. The van der Waals surface area contributed by atoms with Crippen LogP contribution in [0.25, 0.3) is 0 Å². The van der Waals surface area contributed by atoms with Crippen LogP contribution in [0.1, 0.15) is 31.9 Å². The Bertz CT molecular complexity index is 506. The third-order valence-electron chi connectivity index (χ3n) is 3.81. The van der Waals surface area contributed by atoms with Gasteiger partial charge in [-0.05, 0) is 25.8 Å². The lowest BCUT2D eigenvalue weighted by Gasteiger charge is -2.23. The molecule has 2 atom stereocenters. The van der Waals surface area contributed by atoms with Crippen LogP contribution in [-0.2, 0) is 9.59 Å². The van der Waals surface area contributed by atoms with Crippen LogP contribution in [0.5, 0.6) is 0 Å². The number of hydrogen-bond acceptors (Lipinski definition) is 4. The molecule has 2 unspecified atom stereocenters. The molecule has 3 N–H and O–H groups in total. The maximum atomic E-state index is 12.5. The summed E-state index contributed by atoms with van der Waals surface area (Å²) in [6, 6.07) is 9.83. The second kappa shape index (κ2) is 7.91. The molecule has 0 radical (unpaired) electrons. The van der Waals surface area contributed by atoms with Gasteiger partial charge in [-0.25, -0.2) is 10.9 Å². The van der Waals surface area contributed by atoms with Crippen LogP contribution in [0.3, 0.4) is 0 Å². The van der Waals surface area contributed by atoms with Gasteiger partial charge in [-0.15, -0.1) is 0 Å². The second-order valence-corrected chi connectivity index (χ2v) is 5.35. The molecule has 0 spiro atoms. The SMILES string of the molecule is CCNC(=O)CN(CC)C(=O)C1CC(c2ccccc2)NN1. The van der Waals surface area contributed by atoms with Gasteiger partial charge in [0.1, 0.15) is 6.04 Å². The Morgan fingerprint density at radius 3 is 2.59 bits per heavy atom. The largest absolute Gasteiger partial charge is 0.355 e. The Morgan fingerprint density at radius 1 is 1.23 bits per heavy atom. The lowest BCUT2D eigenvalue weighted by molar-refractivity contribution is -0.137. The number of nitrogens with one attached hydrogen (secondary N) is 3. The molecule has 22 heavy (non-hydrogen) atoms. The number of likely N-dealkylation sites (N-methyl/N-ethyl adjacent to an activating group) is 2. The number of carbonyl (C=O) groups excluding carboxylic acids is 2. The molecule has 0 aliphatic carbocycles. The van der Waals surface area contributed by atoms with Crippen LogP contribution < -0.4 is 16.2 Å². The summed E-state index contributed by atoms with van der Waals surface area (Å²) in [4.78, 5) is 25.8. The van der Waals surface area contributed by atoms with Crippen LogP contribution in [0, 0.1) is 0 Å². The summed E-state index contributed by atoms with van der Waals surface area (Å²) in [7, 11) is 0. The van der Waals surface area contributed by atoms with Gasteiger partial charge in [0, 0.05) is 19.1 Å². The quantitative estimate of drug-likeness (QED) is 0.719. The molecule has 1 saturated heterocycles. The number of carbonyl (C=O) groups is 2. The molecular formula is C16H24N4O2. The Kier molecular flexibility index (Phi) is 5.91. The van der Waals surface area contributed by atoms with E-state index in [1.165, 1.54) is 0 Å². The molecule has 1 heterocycles. The summed E-state index contributed by atoms with van der Waals surface area (Å²) in [5.74, 6) is -0.164. The number of benzene rings is 1. The number of nitrogens with zero attached hydrogens (tertiary/aromatic N) is 1. The van der Waals surface area contributed by atoms with Crippen molar-refractivity contribution < 1.29 is 9.59 Å². The predicted octanol–water partition coefficient (Wildman–Crippen LogP) is 0.579. The van der Waals surface area contributed by atoms with Gasteiger partial charge in [0.25, 0.3) is 0 Å². The number of amides is 2. The molecule has 2 rings (SSSR count). The molecule has 1 aromatic carbocycles. The van der Waals surface area contributed by atoms with Gasteiger partial charge in [0.15, 0.2) is 0 Å². The van der Waals surface area contributed by atoms with Crippen molar-refractivity contribution in [3.8, 4) is 0 Å². The van der Waals surface area contributed by atoms with E-state index >= 15 is 0 Å². The third-order valence-corrected chi connectivity index (χ3v) is 3.81. The zero-order valence-electron chi connectivity index (χ0n) is 13.1. The van der Waals surface area contributed by atoms with E-state index in [4.69, 9.17) is 0 Å². The number of rotatable bonds is 6. The Labute approximate surface area is 131 Å². The smallest absolute Gasteiger partial charge is 0.241 e. The first-order valence-corrected chi connectivity index (χ1v) is 7.77. The zero-order valence-corrected chi connectivity index (χ0v) is 13.1. The van der Waals surface area contributed by atoms with Crippen LogP contribution in [0.15, 0.2) is 30.3 Å². The standard InChI is InChI=1S/C16H24N4O2/c1-3-17-15(21)11-20(4-2)16(22)14-10-13(18-19-14)12-8-6-5-7-9-12/h5-9,13-14,18-19H,3-4,10-11H2,1-2H3,(H,17,21). The van der Waals surface area contributed by atoms with E-state index in [9.17, 15) is 9.59 Å². The minimum absolute atomic E-state index is 0.0420. The van der Waals surface area contributed by atoms with Crippen molar-refractivity contribution in [3.05, 3.63) is 35.9 Å². The minimum atomic E-state index is -0.306. The Morgan fingerprint density at radius 2 is 1.95 bits per heavy atom. The van der Waals surface area contributed by atoms with Crippen LogP contribution in [0.4, 0.5) is 0 Å². The second-order valence-electron chi connectivity index (χ2n) is 5.35. The summed E-state index contributed by atoms with van der Waals surface area (Å²) >= 11 is 0. The highest BCUT2D eigenvalue weighted by Gasteiger charge is 2.32. The summed E-state index contributed by atoms with van der Waals surface area (Å²) in [5, 5.41) is 2.72.